The molecule has 3 unspecified atom stereocenters. The van der Waals surface area contributed by atoms with Gasteiger partial charge < -0.3 is 54.5 Å². The summed E-state index contributed by atoms with van der Waals surface area (Å²) in [6.07, 6.45) is -3.21. The molecule has 8 aromatic rings. The number of esters is 1. The van der Waals surface area contributed by atoms with Crippen LogP contribution in [0.15, 0.2) is 162 Å². The third-order valence-corrected chi connectivity index (χ3v) is 14.8. The van der Waals surface area contributed by atoms with Crippen LogP contribution in [0, 0.1) is 6.92 Å². The lowest BCUT2D eigenvalue weighted by Crippen LogP contribution is -2.42. The van der Waals surface area contributed by atoms with E-state index in [-0.39, 0.29) is 67.2 Å². The standard InChI is InChI=1S/C57H58N8O12S/c1-35-30-63(56(69)65(51(35)67)34-72-31-36-13-7-4-8-14-36)45-29-43(76-53(68)37-15-9-5-10-16-37)54(77-45)78-28-27-73-48-44(75-52(47(48)66)64-33-60-46-49(58)61-55(59)62-50(46)64)32-74-57(38-17-11-6-12-18-38,39-19-23-41(70-2)24-20-39)40-21-25-42(71-3)26-22-40/h4-26,30,33,43-45,47-48,52,54,66H,27-29,31-32,34H2,1-3H3,(H4,58,59,61,62)/t43?,44-,45?,47-,48-,52-,54?/m1/s1. The number of carbonyl (C=O) groups is 1. The summed E-state index contributed by atoms with van der Waals surface area (Å²) in [6.45, 7) is 1.39. The first kappa shape index (κ1) is 53.5. The zero-order valence-electron chi connectivity index (χ0n) is 42.9. The molecule has 20 nitrogen and oxygen atoms in total. The summed E-state index contributed by atoms with van der Waals surface area (Å²) in [5, 5.41) is 12.4. The topological polar surface area (TPSA) is 251 Å². The molecule has 2 aliphatic rings. The molecule has 7 atom stereocenters. The fourth-order valence-electron chi connectivity index (χ4n) is 9.79. The molecule has 404 valence electrons. The van der Waals surface area contributed by atoms with Crippen molar-refractivity contribution < 1.29 is 47.8 Å². The molecule has 10 rings (SSSR count). The molecular weight excluding hydrogens is 1020 g/mol. The highest BCUT2D eigenvalue weighted by molar-refractivity contribution is 7.99. The van der Waals surface area contributed by atoms with Crippen LogP contribution in [0.1, 0.15) is 57.1 Å². The quantitative estimate of drug-likeness (QED) is 0.0402. The van der Waals surface area contributed by atoms with Gasteiger partial charge in [-0.05, 0) is 65.6 Å². The van der Waals surface area contributed by atoms with Crippen molar-refractivity contribution in [2.45, 2.75) is 74.6 Å². The minimum atomic E-state index is -1.33. The highest BCUT2D eigenvalue weighted by Gasteiger charge is 2.49. The second kappa shape index (κ2) is 23.8. The van der Waals surface area contributed by atoms with Crippen molar-refractivity contribution in [2.75, 3.05) is 44.7 Å². The first-order valence-electron chi connectivity index (χ1n) is 25.1. The Morgan fingerprint density at radius 1 is 0.808 bits per heavy atom. The number of methoxy groups -OCH3 is 2. The lowest BCUT2D eigenvalue weighted by molar-refractivity contribution is -0.102. The van der Waals surface area contributed by atoms with E-state index in [0.29, 0.717) is 17.1 Å². The number of nitrogen functional groups attached to an aromatic ring is 2. The van der Waals surface area contributed by atoms with Gasteiger partial charge in [0.15, 0.2) is 17.7 Å². The molecule has 5 aromatic carbocycles. The third-order valence-electron chi connectivity index (χ3n) is 13.7. The fraction of sp³-hybridized carbons (Fsp3) is 0.298. The van der Waals surface area contributed by atoms with Crippen LogP contribution in [0.25, 0.3) is 11.2 Å². The number of benzene rings is 5. The van der Waals surface area contributed by atoms with E-state index in [9.17, 15) is 19.5 Å². The van der Waals surface area contributed by atoms with E-state index in [4.69, 9.17) is 49.4 Å². The van der Waals surface area contributed by atoms with Crippen LogP contribution < -0.4 is 32.2 Å². The van der Waals surface area contributed by atoms with Gasteiger partial charge in [0.1, 0.15) is 65.4 Å². The molecule has 0 spiro atoms. The van der Waals surface area contributed by atoms with Crippen LogP contribution in [0.5, 0.6) is 11.5 Å². The van der Waals surface area contributed by atoms with Crippen molar-refractivity contribution in [1.82, 2.24) is 28.7 Å². The van der Waals surface area contributed by atoms with Crippen LogP contribution in [0.2, 0.25) is 0 Å². The van der Waals surface area contributed by atoms with Crippen molar-refractivity contribution in [1.29, 1.82) is 0 Å². The van der Waals surface area contributed by atoms with Gasteiger partial charge in [0.2, 0.25) is 5.95 Å². The van der Waals surface area contributed by atoms with E-state index in [1.54, 1.807) is 51.5 Å². The lowest BCUT2D eigenvalue weighted by Gasteiger charge is -2.37. The average molecular weight is 1080 g/mol. The number of carbonyl (C=O) groups excluding carboxylic acids is 1. The predicted molar refractivity (Wildman–Crippen MR) is 290 cm³/mol. The summed E-state index contributed by atoms with van der Waals surface area (Å²) in [5.41, 5.74) is 13.4. The Morgan fingerprint density at radius 2 is 1.44 bits per heavy atom. The van der Waals surface area contributed by atoms with E-state index in [2.05, 4.69) is 15.0 Å². The SMILES string of the molecule is COc1ccc(C(OC[C@H]2O[C@@H](n3cnc4c(N)nc(N)nc43)[C@H](O)[C@@H]2OCCSC2OC(n3cc(C)c(=O)n(COCc4ccccc4)c3=O)CC2OC(=O)c2ccccc2)(c2ccccc2)c2ccc(OC)cc2)cc1. The van der Waals surface area contributed by atoms with Crippen molar-refractivity contribution in [2.24, 2.45) is 0 Å². The number of nitrogens with zero attached hydrogens (tertiary/aromatic N) is 6. The molecule has 21 heteroatoms. The van der Waals surface area contributed by atoms with Gasteiger partial charge in [-0.3, -0.25) is 13.9 Å². The lowest BCUT2D eigenvalue weighted by atomic mass is 9.80. The molecule has 3 aromatic heterocycles. The number of aliphatic hydroxyl groups is 1. The van der Waals surface area contributed by atoms with Gasteiger partial charge in [0.05, 0.1) is 45.9 Å². The molecule has 2 aliphatic heterocycles. The summed E-state index contributed by atoms with van der Waals surface area (Å²) in [6, 6.07) is 42.9. The van der Waals surface area contributed by atoms with Crippen LogP contribution in [-0.2, 0) is 47.4 Å². The summed E-state index contributed by atoms with van der Waals surface area (Å²) >= 11 is 1.29. The molecule has 0 saturated carbocycles. The van der Waals surface area contributed by atoms with E-state index in [0.717, 1.165) is 26.8 Å². The Bertz CT molecular complexity index is 3390. The molecule has 78 heavy (non-hydrogen) atoms. The van der Waals surface area contributed by atoms with E-state index in [1.165, 1.54) is 33.4 Å². The van der Waals surface area contributed by atoms with E-state index < -0.39 is 65.1 Å². The first-order valence-corrected chi connectivity index (χ1v) is 26.2. The van der Waals surface area contributed by atoms with E-state index in [1.807, 2.05) is 109 Å². The number of anilines is 2. The van der Waals surface area contributed by atoms with Crippen molar-refractivity contribution in [3.8, 4) is 11.5 Å². The number of fused-ring (bicyclic) bond motifs is 1. The number of hydrogen-bond donors (Lipinski definition) is 3. The predicted octanol–water partition coefficient (Wildman–Crippen LogP) is 6.37. The number of nitrogens with two attached hydrogens (primary N) is 2. The van der Waals surface area contributed by atoms with E-state index >= 15 is 0 Å². The minimum absolute atomic E-state index is 0.0269. The molecule has 5 heterocycles. The first-order chi connectivity index (χ1) is 37.9. The third kappa shape index (κ3) is 11.1. The normalized spacial score (nSPS) is 20.2. The van der Waals surface area contributed by atoms with Crippen molar-refractivity contribution >= 4 is 40.7 Å². The van der Waals surface area contributed by atoms with Crippen LogP contribution >= 0.6 is 11.8 Å². The number of imidazole rings is 1. The van der Waals surface area contributed by atoms with Gasteiger partial charge in [-0.15, -0.1) is 11.8 Å². The number of aromatic nitrogens is 6. The summed E-state index contributed by atoms with van der Waals surface area (Å²) in [5.74, 6) is 0.936. The Labute approximate surface area is 452 Å². The molecule has 0 bridgehead atoms. The van der Waals surface area contributed by atoms with Crippen molar-refractivity contribution in [3.63, 3.8) is 0 Å². The molecule has 0 amide bonds. The van der Waals surface area contributed by atoms with Gasteiger partial charge in [-0.1, -0.05) is 103 Å². The second-order valence-corrected chi connectivity index (χ2v) is 19.8. The molecule has 0 radical (unpaired) electrons. The second-order valence-electron chi connectivity index (χ2n) is 18.6. The maximum Gasteiger partial charge on any atom is 0.338 e. The van der Waals surface area contributed by atoms with Gasteiger partial charge in [0.25, 0.3) is 5.56 Å². The smallest absolute Gasteiger partial charge is 0.338 e. The van der Waals surface area contributed by atoms with Gasteiger partial charge >= 0.3 is 11.7 Å². The Balaban J connectivity index is 0.928. The molecule has 2 saturated heterocycles. The maximum absolute atomic E-state index is 14.1. The Hall–Kier alpha value is -7.89. The number of aliphatic hydroxyl groups excluding tert-OH is 1. The van der Waals surface area contributed by atoms with Crippen molar-refractivity contribution in [3.05, 3.63) is 206 Å². The average Bonchev–Trinajstić information content (AvgIpc) is 4.31. The zero-order chi connectivity index (χ0) is 54.3. The fourth-order valence-corrected chi connectivity index (χ4v) is 10.8. The Kier molecular flexibility index (Phi) is 16.3. The Morgan fingerprint density at radius 3 is 2.09 bits per heavy atom. The highest BCUT2D eigenvalue weighted by Crippen LogP contribution is 2.44. The zero-order valence-corrected chi connectivity index (χ0v) is 43.7. The minimum Gasteiger partial charge on any atom is -0.497 e. The molecule has 0 aliphatic carbocycles. The van der Waals surface area contributed by atoms with Crippen LogP contribution in [0.4, 0.5) is 11.8 Å². The largest absolute Gasteiger partial charge is 0.497 e. The number of aryl methyl sites for hydroxylation is 1. The maximum atomic E-state index is 14.1. The highest BCUT2D eigenvalue weighted by atomic mass is 32.2. The van der Waals surface area contributed by atoms with Gasteiger partial charge in [-0.25, -0.2) is 19.1 Å². The summed E-state index contributed by atoms with van der Waals surface area (Å²) < 4.78 is 54.2. The number of thioether (sulfide) groups is 1. The number of hydrogen-bond acceptors (Lipinski definition) is 18. The number of ether oxygens (including phenoxy) is 8. The van der Waals surface area contributed by atoms with Gasteiger partial charge in [0, 0.05) is 23.9 Å². The summed E-state index contributed by atoms with van der Waals surface area (Å²) in [7, 11) is 3.20. The molecular formula is C57H58N8O12S. The molecule has 2 fully saturated rings. The monoisotopic (exact) mass is 1080 g/mol. The van der Waals surface area contributed by atoms with Gasteiger partial charge in [-0.2, -0.15) is 9.97 Å². The van der Waals surface area contributed by atoms with Crippen LogP contribution in [0.3, 0.4) is 0 Å². The molecule has 5 N–H and O–H groups in total. The van der Waals surface area contributed by atoms with Crippen LogP contribution in [-0.4, -0.2) is 103 Å². The number of rotatable bonds is 21. The summed E-state index contributed by atoms with van der Waals surface area (Å²) in [4.78, 5) is 53.9.